The summed E-state index contributed by atoms with van der Waals surface area (Å²) in [5, 5.41) is 9.91. The first-order valence-corrected chi connectivity index (χ1v) is 6.13. The summed E-state index contributed by atoms with van der Waals surface area (Å²) in [6, 6.07) is 5.06. The van der Waals surface area contributed by atoms with Crippen molar-refractivity contribution >= 4 is 5.97 Å². The van der Waals surface area contributed by atoms with Crippen LogP contribution in [-0.2, 0) is 31.8 Å². The van der Waals surface area contributed by atoms with Crippen LogP contribution in [0.15, 0.2) is 18.2 Å². The standard InChI is InChI=1S/C14H20O5/c1-4-19-13(16)8-10-6-5-7-12(15)11(10)9-14(17-2)18-3/h5-7,14-15H,4,8-9H2,1-3H3. The quantitative estimate of drug-likeness (QED) is 0.602. The summed E-state index contributed by atoms with van der Waals surface area (Å²) in [7, 11) is 3.05. The van der Waals surface area contributed by atoms with Crippen LogP contribution in [0.5, 0.6) is 5.75 Å². The van der Waals surface area contributed by atoms with Gasteiger partial charge in [0.15, 0.2) is 6.29 Å². The lowest BCUT2D eigenvalue weighted by Gasteiger charge is -2.17. The lowest BCUT2D eigenvalue weighted by molar-refractivity contribution is -0.142. The number of esters is 1. The van der Waals surface area contributed by atoms with E-state index >= 15 is 0 Å². The van der Waals surface area contributed by atoms with Crippen LogP contribution < -0.4 is 0 Å². The SMILES string of the molecule is CCOC(=O)Cc1cccc(O)c1CC(OC)OC. The van der Waals surface area contributed by atoms with E-state index in [1.54, 1.807) is 25.1 Å². The van der Waals surface area contributed by atoms with Crippen LogP contribution in [0.4, 0.5) is 0 Å². The predicted octanol–water partition coefficient (Wildman–Crippen LogP) is 1.66. The van der Waals surface area contributed by atoms with Crippen LogP contribution in [0, 0.1) is 0 Å². The highest BCUT2D eigenvalue weighted by molar-refractivity contribution is 5.73. The Bertz CT molecular complexity index is 412. The first-order valence-electron chi connectivity index (χ1n) is 6.13. The fourth-order valence-corrected chi connectivity index (χ4v) is 1.82. The second kappa shape index (κ2) is 7.76. The first-order chi connectivity index (χ1) is 9.12. The zero-order valence-corrected chi connectivity index (χ0v) is 11.5. The third-order valence-electron chi connectivity index (χ3n) is 2.78. The molecule has 0 saturated heterocycles. The van der Waals surface area contributed by atoms with Gasteiger partial charge in [0.05, 0.1) is 13.0 Å². The largest absolute Gasteiger partial charge is 0.508 e. The van der Waals surface area contributed by atoms with Gasteiger partial charge in [0.1, 0.15) is 5.75 Å². The van der Waals surface area contributed by atoms with E-state index in [9.17, 15) is 9.90 Å². The second-order valence-corrected chi connectivity index (χ2v) is 4.00. The predicted molar refractivity (Wildman–Crippen MR) is 70.0 cm³/mol. The van der Waals surface area contributed by atoms with Gasteiger partial charge >= 0.3 is 5.97 Å². The molecule has 0 atom stereocenters. The highest BCUT2D eigenvalue weighted by atomic mass is 16.7. The molecule has 1 rings (SSSR count). The number of aromatic hydroxyl groups is 1. The third kappa shape index (κ3) is 4.54. The lowest BCUT2D eigenvalue weighted by atomic mass is 10.0. The number of hydrogen-bond acceptors (Lipinski definition) is 5. The van der Waals surface area contributed by atoms with E-state index < -0.39 is 6.29 Å². The zero-order valence-electron chi connectivity index (χ0n) is 11.5. The molecule has 5 nitrogen and oxygen atoms in total. The minimum absolute atomic E-state index is 0.123. The van der Waals surface area contributed by atoms with Crippen molar-refractivity contribution in [2.45, 2.75) is 26.1 Å². The van der Waals surface area contributed by atoms with Crippen molar-refractivity contribution in [1.82, 2.24) is 0 Å². The molecule has 19 heavy (non-hydrogen) atoms. The molecule has 0 aromatic heterocycles. The maximum atomic E-state index is 11.5. The second-order valence-electron chi connectivity index (χ2n) is 4.00. The van der Waals surface area contributed by atoms with E-state index in [1.165, 1.54) is 14.2 Å². The molecular formula is C14H20O5. The molecule has 0 bridgehead atoms. The summed E-state index contributed by atoms with van der Waals surface area (Å²) < 4.78 is 15.1. The van der Waals surface area contributed by atoms with Gasteiger partial charge in [0, 0.05) is 26.2 Å². The third-order valence-corrected chi connectivity index (χ3v) is 2.78. The van der Waals surface area contributed by atoms with Crippen LogP contribution in [0.2, 0.25) is 0 Å². The summed E-state index contributed by atoms with van der Waals surface area (Å²) in [6.07, 6.45) is 0.0285. The molecule has 0 aliphatic carbocycles. The summed E-state index contributed by atoms with van der Waals surface area (Å²) in [5.74, 6) is -0.193. The molecule has 5 heteroatoms. The van der Waals surface area contributed by atoms with Crippen molar-refractivity contribution in [3.05, 3.63) is 29.3 Å². The molecule has 1 aromatic carbocycles. The average Bonchev–Trinajstić information content (AvgIpc) is 2.39. The molecule has 0 spiro atoms. The van der Waals surface area contributed by atoms with Crippen LogP contribution in [-0.4, -0.2) is 38.2 Å². The molecule has 0 amide bonds. The first kappa shape index (κ1) is 15.5. The van der Waals surface area contributed by atoms with Crippen molar-refractivity contribution in [3.63, 3.8) is 0 Å². The Morgan fingerprint density at radius 2 is 2.00 bits per heavy atom. The van der Waals surface area contributed by atoms with E-state index in [-0.39, 0.29) is 18.1 Å². The van der Waals surface area contributed by atoms with Gasteiger partial charge < -0.3 is 19.3 Å². The normalized spacial score (nSPS) is 10.7. The van der Waals surface area contributed by atoms with Gasteiger partial charge in [-0.15, -0.1) is 0 Å². The number of benzene rings is 1. The number of carbonyl (C=O) groups is 1. The van der Waals surface area contributed by atoms with Gasteiger partial charge in [-0.05, 0) is 18.6 Å². The number of methoxy groups -OCH3 is 2. The van der Waals surface area contributed by atoms with Crippen molar-refractivity contribution in [1.29, 1.82) is 0 Å². The molecule has 1 N–H and O–H groups in total. The molecule has 0 aliphatic heterocycles. The molecule has 0 saturated carbocycles. The molecule has 0 heterocycles. The maximum absolute atomic E-state index is 11.5. The smallest absolute Gasteiger partial charge is 0.310 e. The molecule has 106 valence electrons. The summed E-state index contributed by atoms with van der Waals surface area (Å²) in [4.78, 5) is 11.5. The molecule has 0 unspecified atom stereocenters. The van der Waals surface area contributed by atoms with Crippen molar-refractivity contribution in [2.75, 3.05) is 20.8 Å². The lowest BCUT2D eigenvalue weighted by Crippen LogP contribution is -2.18. The highest BCUT2D eigenvalue weighted by Crippen LogP contribution is 2.24. The van der Waals surface area contributed by atoms with E-state index in [1.807, 2.05) is 0 Å². The fraction of sp³-hybridized carbons (Fsp3) is 0.500. The Balaban J connectivity index is 2.91. The van der Waals surface area contributed by atoms with Gasteiger partial charge in [-0.25, -0.2) is 0 Å². The molecule has 0 fully saturated rings. The Hall–Kier alpha value is -1.59. The number of hydrogen-bond donors (Lipinski definition) is 1. The summed E-state index contributed by atoms with van der Waals surface area (Å²) in [6.45, 7) is 2.10. The van der Waals surface area contributed by atoms with Crippen LogP contribution in [0.1, 0.15) is 18.1 Å². The number of rotatable bonds is 7. The number of ether oxygens (including phenoxy) is 3. The van der Waals surface area contributed by atoms with Gasteiger partial charge in [0.2, 0.25) is 0 Å². The van der Waals surface area contributed by atoms with E-state index in [2.05, 4.69) is 0 Å². The van der Waals surface area contributed by atoms with Crippen LogP contribution in [0.3, 0.4) is 0 Å². The van der Waals surface area contributed by atoms with Gasteiger partial charge in [0.25, 0.3) is 0 Å². The summed E-state index contributed by atoms with van der Waals surface area (Å²) in [5.41, 5.74) is 1.36. The molecule has 0 radical (unpaired) electrons. The maximum Gasteiger partial charge on any atom is 0.310 e. The number of phenols is 1. The Kier molecular flexibility index (Phi) is 6.32. The van der Waals surface area contributed by atoms with E-state index in [0.29, 0.717) is 18.6 Å². The Morgan fingerprint density at radius 1 is 1.32 bits per heavy atom. The van der Waals surface area contributed by atoms with Crippen molar-refractivity contribution in [3.8, 4) is 5.75 Å². The number of phenolic OH excluding ortho intramolecular Hbond substituents is 1. The van der Waals surface area contributed by atoms with Crippen LogP contribution in [0.25, 0.3) is 0 Å². The molecule has 0 aliphatic rings. The molecule has 1 aromatic rings. The Labute approximate surface area is 113 Å². The minimum atomic E-state index is -0.464. The summed E-state index contributed by atoms with van der Waals surface area (Å²) >= 11 is 0. The van der Waals surface area contributed by atoms with E-state index in [4.69, 9.17) is 14.2 Å². The zero-order chi connectivity index (χ0) is 14.3. The van der Waals surface area contributed by atoms with Gasteiger partial charge in [-0.1, -0.05) is 12.1 Å². The van der Waals surface area contributed by atoms with Crippen molar-refractivity contribution in [2.24, 2.45) is 0 Å². The van der Waals surface area contributed by atoms with Crippen LogP contribution >= 0.6 is 0 Å². The van der Waals surface area contributed by atoms with Crippen molar-refractivity contribution < 1.29 is 24.1 Å². The Morgan fingerprint density at radius 3 is 2.58 bits per heavy atom. The highest BCUT2D eigenvalue weighted by Gasteiger charge is 2.16. The van der Waals surface area contributed by atoms with Gasteiger partial charge in [-0.3, -0.25) is 4.79 Å². The number of carbonyl (C=O) groups excluding carboxylic acids is 1. The molecular weight excluding hydrogens is 248 g/mol. The van der Waals surface area contributed by atoms with Gasteiger partial charge in [-0.2, -0.15) is 0 Å². The minimum Gasteiger partial charge on any atom is -0.508 e. The van der Waals surface area contributed by atoms with E-state index in [0.717, 1.165) is 5.56 Å². The fourth-order valence-electron chi connectivity index (χ4n) is 1.82. The topological polar surface area (TPSA) is 65.0 Å². The monoisotopic (exact) mass is 268 g/mol. The average molecular weight is 268 g/mol.